The molecule has 0 unspecified atom stereocenters. The third-order valence-electron chi connectivity index (χ3n) is 2.55. The summed E-state index contributed by atoms with van der Waals surface area (Å²) in [6.45, 7) is 3.39. The van der Waals surface area contributed by atoms with Crippen LogP contribution in [0.25, 0.3) is 0 Å². The van der Waals surface area contributed by atoms with Crippen LogP contribution in [-0.4, -0.2) is 19.3 Å². The van der Waals surface area contributed by atoms with Gasteiger partial charge in [-0.1, -0.05) is 13.8 Å². The second-order valence-corrected chi connectivity index (χ2v) is 3.41. The van der Waals surface area contributed by atoms with Crippen molar-refractivity contribution in [1.82, 2.24) is 5.32 Å². The SMILES string of the molecule is CC(C)C1(C(F)(F)F)CNC1. The summed E-state index contributed by atoms with van der Waals surface area (Å²) < 4.78 is 37.1. The molecule has 0 aliphatic carbocycles. The molecule has 0 bridgehead atoms. The summed E-state index contributed by atoms with van der Waals surface area (Å²) in [5.41, 5.74) is -1.45. The summed E-state index contributed by atoms with van der Waals surface area (Å²) in [4.78, 5) is 0. The van der Waals surface area contributed by atoms with E-state index in [-0.39, 0.29) is 19.0 Å². The monoisotopic (exact) mass is 167 g/mol. The molecule has 0 amide bonds. The molecular weight excluding hydrogens is 155 g/mol. The predicted molar refractivity (Wildman–Crippen MR) is 36.2 cm³/mol. The van der Waals surface area contributed by atoms with Crippen LogP contribution in [0.4, 0.5) is 13.2 Å². The highest BCUT2D eigenvalue weighted by Gasteiger charge is 2.60. The summed E-state index contributed by atoms with van der Waals surface area (Å²) in [6, 6.07) is 0. The van der Waals surface area contributed by atoms with Gasteiger partial charge in [0.15, 0.2) is 0 Å². The Kier molecular flexibility index (Phi) is 1.90. The molecule has 0 aromatic rings. The molecule has 11 heavy (non-hydrogen) atoms. The van der Waals surface area contributed by atoms with Gasteiger partial charge in [-0.15, -0.1) is 0 Å². The van der Waals surface area contributed by atoms with Crippen LogP contribution < -0.4 is 5.32 Å². The van der Waals surface area contributed by atoms with Gasteiger partial charge >= 0.3 is 6.18 Å². The van der Waals surface area contributed by atoms with E-state index in [4.69, 9.17) is 0 Å². The smallest absolute Gasteiger partial charge is 0.315 e. The number of halogens is 3. The first-order chi connectivity index (χ1) is 4.90. The Balaban J connectivity index is 2.76. The van der Waals surface area contributed by atoms with Gasteiger partial charge in [-0.05, 0) is 5.92 Å². The van der Waals surface area contributed by atoms with Crippen molar-refractivity contribution >= 4 is 0 Å². The summed E-state index contributed by atoms with van der Waals surface area (Å²) in [6.07, 6.45) is -4.05. The van der Waals surface area contributed by atoms with Gasteiger partial charge < -0.3 is 5.32 Å². The molecule has 0 radical (unpaired) electrons. The molecule has 0 aromatic heterocycles. The summed E-state index contributed by atoms with van der Waals surface area (Å²) >= 11 is 0. The van der Waals surface area contributed by atoms with Crippen molar-refractivity contribution in [2.24, 2.45) is 11.3 Å². The van der Waals surface area contributed by atoms with Crippen molar-refractivity contribution < 1.29 is 13.2 Å². The van der Waals surface area contributed by atoms with E-state index in [1.807, 2.05) is 0 Å². The minimum atomic E-state index is -4.05. The normalized spacial score (nSPS) is 23.5. The zero-order valence-corrected chi connectivity index (χ0v) is 6.63. The average molecular weight is 167 g/mol. The van der Waals surface area contributed by atoms with Crippen molar-refractivity contribution in [3.05, 3.63) is 0 Å². The number of alkyl halides is 3. The number of rotatable bonds is 1. The fraction of sp³-hybridized carbons (Fsp3) is 1.00. The van der Waals surface area contributed by atoms with Crippen LogP contribution in [0.2, 0.25) is 0 Å². The van der Waals surface area contributed by atoms with E-state index in [2.05, 4.69) is 5.32 Å². The maximum Gasteiger partial charge on any atom is 0.397 e. The molecule has 4 heteroatoms. The minimum Gasteiger partial charge on any atom is -0.315 e. The number of hydrogen-bond donors (Lipinski definition) is 1. The maximum atomic E-state index is 12.4. The van der Waals surface area contributed by atoms with Crippen LogP contribution in [0, 0.1) is 11.3 Å². The predicted octanol–water partition coefficient (Wildman–Crippen LogP) is 1.79. The molecule has 0 spiro atoms. The molecule has 66 valence electrons. The standard InChI is InChI=1S/C7H12F3N/c1-5(2)6(3-11-4-6)7(8,9)10/h5,11H,3-4H2,1-2H3. The van der Waals surface area contributed by atoms with E-state index < -0.39 is 11.6 Å². The lowest BCUT2D eigenvalue weighted by molar-refractivity contribution is -0.255. The zero-order valence-electron chi connectivity index (χ0n) is 6.63. The molecule has 0 saturated carbocycles. The number of nitrogens with one attached hydrogen (secondary N) is 1. The molecule has 1 N–H and O–H groups in total. The average Bonchev–Trinajstić information content (AvgIpc) is 1.52. The zero-order chi connectivity index (χ0) is 8.70. The quantitative estimate of drug-likeness (QED) is 0.627. The Bertz CT molecular complexity index is 146. The molecule has 1 rings (SSSR count). The Morgan fingerprint density at radius 2 is 1.73 bits per heavy atom. The van der Waals surface area contributed by atoms with E-state index in [9.17, 15) is 13.2 Å². The Hall–Kier alpha value is -0.250. The van der Waals surface area contributed by atoms with Crippen molar-refractivity contribution in [2.45, 2.75) is 20.0 Å². The fourth-order valence-corrected chi connectivity index (χ4v) is 1.33. The fourth-order valence-electron chi connectivity index (χ4n) is 1.33. The van der Waals surface area contributed by atoms with Crippen LogP contribution in [0.15, 0.2) is 0 Å². The highest BCUT2D eigenvalue weighted by Crippen LogP contribution is 2.46. The van der Waals surface area contributed by atoms with E-state index >= 15 is 0 Å². The van der Waals surface area contributed by atoms with Crippen LogP contribution in [0.3, 0.4) is 0 Å². The lowest BCUT2D eigenvalue weighted by atomic mass is 9.71. The van der Waals surface area contributed by atoms with Gasteiger partial charge in [-0.25, -0.2) is 0 Å². The van der Waals surface area contributed by atoms with Gasteiger partial charge in [0.25, 0.3) is 0 Å². The molecular formula is C7H12F3N. The Morgan fingerprint density at radius 1 is 1.27 bits per heavy atom. The maximum absolute atomic E-state index is 12.4. The van der Waals surface area contributed by atoms with Crippen molar-refractivity contribution in [2.75, 3.05) is 13.1 Å². The van der Waals surface area contributed by atoms with Gasteiger partial charge in [0, 0.05) is 13.1 Å². The first-order valence-corrected chi connectivity index (χ1v) is 3.67. The van der Waals surface area contributed by atoms with Crippen LogP contribution in [-0.2, 0) is 0 Å². The van der Waals surface area contributed by atoms with Crippen LogP contribution in [0.1, 0.15) is 13.8 Å². The van der Waals surface area contributed by atoms with E-state index in [1.165, 1.54) is 0 Å². The Labute approximate surface area is 64.0 Å². The molecule has 1 heterocycles. The van der Waals surface area contributed by atoms with Gasteiger partial charge in [0.05, 0.1) is 5.41 Å². The third kappa shape index (κ3) is 1.13. The first kappa shape index (κ1) is 8.84. The van der Waals surface area contributed by atoms with Gasteiger partial charge in [0.2, 0.25) is 0 Å². The van der Waals surface area contributed by atoms with E-state index in [0.717, 1.165) is 0 Å². The van der Waals surface area contributed by atoms with Gasteiger partial charge in [0.1, 0.15) is 0 Å². The molecule has 1 nitrogen and oxygen atoms in total. The molecule has 1 fully saturated rings. The minimum absolute atomic E-state index is 0.0775. The van der Waals surface area contributed by atoms with Gasteiger partial charge in [-0.2, -0.15) is 13.2 Å². The van der Waals surface area contributed by atoms with Crippen LogP contribution in [0.5, 0.6) is 0 Å². The van der Waals surface area contributed by atoms with E-state index in [0.29, 0.717) is 0 Å². The second-order valence-electron chi connectivity index (χ2n) is 3.41. The first-order valence-electron chi connectivity index (χ1n) is 3.67. The van der Waals surface area contributed by atoms with E-state index in [1.54, 1.807) is 13.8 Å². The molecule has 0 atom stereocenters. The second kappa shape index (κ2) is 2.37. The molecule has 0 aromatic carbocycles. The largest absolute Gasteiger partial charge is 0.397 e. The van der Waals surface area contributed by atoms with Crippen molar-refractivity contribution in [1.29, 1.82) is 0 Å². The van der Waals surface area contributed by atoms with Crippen molar-refractivity contribution in [3.8, 4) is 0 Å². The lowest BCUT2D eigenvalue weighted by Gasteiger charge is -2.46. The summed E-state index contributed by atoms with van der Waals surface area (Å²) in [5.74, 6) is -0.330. The topological polar surface area (TPSA) is 12.0 Å². The number of hydrogen-bond acceptors (Lipinski definition) is 1. The third-order valence-corrected chi connectivity index (χ3v) is 2.55. The van der Waals surface area contributed by atoms with Gasteiger partial charge in [-0.3, -0.25) is 0 Å². The van der Waals surface area contributed by atoms with Crippen molar-refractivity contribution in [3.63, 3.8) is 0 Å². The van der Waals surface area contributed by atoms with Crippen LogP contribution >= 0.6 is 0 Å². The summed E-state index contributed by atoms with van der Waals surface area (Å²) in [5, 5.41) is 2.67. The molecule has 1 aliphatic rings. The molecule has 1 saturated heterocycles. The lowest BCUT2D eigenvalue weighted by Crippen LogP contribution is -2.64. The molecule has 1 aliphatic heterocycles. The highest BCUT2D eigenvalue weighted by atomic mass is 19.4. The highest BCUT2D eigenvalue weighted by molar-refractivity contribution is 4.99. The summed E-state index contributed by atoms with van der Waals surface area (Å²) in [7, 11) is 0. The Morgan fingerprint density at radius 3 is 1.73 bits per heavy atom.